The highest BCUT2D eigenvalue weighted by atomic mass is 32.1. The molecule has 1 aliphatic rings. The zero-order valence-electron chi connectivity index (χ0n) is 13.4. The van der Waals surface area contributed by atoms with Crippen molar-refractivity contribution in [3.05, 3.63) is 57.6 Å². The highest BCUT2D eigenvalue weighted by Gasteiger charge is 2.25. The van der Waals surface area contributed by atoms with Crippen molar-refractivity contribution in [2.24, 2.45) is 0 Å². The smallest absolute Gasteiger partial charge is 0.261 e. The van der Waals surface area contributed by atoms with Gasteiger partial charge in [0.05, 0.1) is 10.9 Å². The van der Waals surface area contributed by atoms with Crippen molar-refractivity contribution in [2.45, 2.75) is 18.9 Å². The second kappa shape index (κ2) is 7.05. The molecule has 0 bridgehead atoms. The van der Waals surface area contributed by atoms with Crippen LogP contribution in [0.2, 0.25) is 0 Å². The van der Waals surface area contributed by atoms with Crippen molar-refractivity contribution in [1.29, 1.82) is 0 Å². The number of nitrogens with one attached hydrogen (secondary N) is 1. The lowest BCUT2D eigenvalue weighted by molar-refractivity contribution is 0.0942. The molecular weight excluding hydrogens is 336 g/mol. The van der Waals surface area contributed by atoms with Gasteiger partial charge in [-0.1, -0.05) is 24.3 Å². The van der Waals surface area contributed by atoms with Crippen molar-refractivity contribution < 1.29 is 4.79 Å². The van der Waals surface area contributed by atoms with Gasteiger partial charge in [0.15, 0.2) is 0 Å². The molecule has 1 atom stereocenters. The van der Waals surface area contributed by atoms with Gasteiger partial charge < -0.3 is 5.32 Å². The summed E-state index contributed by atoms with van der Waals surface area (Å²) in [5, 5.41) is 6.42. The summed E-state index contributed by atoms with van der Waals surface area (Å²) >= 11 is 3.34. The molecule has 24 heavy (non-hydrogen) atoms. The molecular formula is C19H20N2OS2. The molecule has 1 N–H and O–H groups in total. The summed E-state index contributed by atoms with van der Waals surface area (Å²) in [5.41, 5.74) is 0. The first-order valence-corrected chi connectivity index (χ1v) is 10.0. The number of carbonyl (C=O) groups is 1. The third kappa shape index (κ3) is 3.24. The predicted molar refractivity (Wildman–Crippen MR) is 102 cm³/mol. The van der Waals surface area contributed by atoms with E-state index in [1.165, 1.54) is 17.7 Å². The lowest BCUT2D eigenvalue weighted by Gasteiger charge is -2.26. The van der Waals surface area contributed by atoms with Gasteiger partial charge in [-0.05, 0) is 54.9 Å². The normalized spacial score (nSPS) is 16.5. The van der Waals surface area contributed by atoms with Crippen LogP contribution >= 0.6 is 22.7 Å². The number of thiophene rings is 2. The van der Waals surface area contributed by atoms with Gasteiger partial charge in [-0.25, -0.2) is 0 Å². The molecule has 0 saturated carbocycles. The van der Waals surface area contributed by atoms with Crippen LogP contribution in [0.4, 0.5) is 0 Å². The summed E-state index contributed by atoms with van der Waals surface area (Å²) in [6.45, 7) is 2.93. The Labute approximate surface area is 149 Å². The van der Waals surface area contributed by atoms with E-state index in [-0.39, 0.29) is 5.91 Å². The Bertz CT molecular complexity index is 786. The van der Waals surface area contributed by atoms with Crippen molar-refractivity contribution in [3.63, 3.8) is 0 Å². The summed E-state index contributed by atoms with van der Waals surface area (Å²) in [5.74, 6) is 0.0388. The van der Waals surface area contributed by atoms with Gasteiger partial charge in [-0.3, -0.25) is 9.69 Å². The van der Waals surface area contributed by atoms with Gasteiger partial charge in [-0.15, -0.1) is 22.7 Å². The zero-order chi connectivity index (χ0) is 16.4. The van der Waals surface area contributed by atoms with Gasteiger partial charge >= 0.3 is 0 Å². The van der Waals surface area contributed by atoms with E-state index in [0.717, 1.165) is 28.1 Å². The molecule has 3 heterocycles. The number of carbonyl (C=O) groups excluding carboxylic acids is 1. The summed E-state index contributed by atoms with van der Waals surface area (Å²) < 4.78 is 1.16. The summed E-state index contributed by atoms with van der Waals surface area (Å²) in [6, 6.07) is 14.7. The van der Waals surface area contributed by atoms with Crippen molar-refractivity contribution >= 4 is 38.7 Å². The average Bonchev–Trinajstić information content (AvgIpc) is 3.35. The highest BCUT2D eigenvalue weighted by Crippen LogP contribution is 2.29. The van der Waals surface area contributed by atoms with Gasteiger partial charge in [0, 0.05) is 16.1 Å². The van der Waals surface area contributed by atoms with E-state index in [1.54, 1.807) is 22.7 Å². The average molecular weight is 357 g/mol. The van der Waals surface area contributed by atoms with Gasteiger partial charge in [0.25, 0.3) is 5.91 Å². The zero-order valence-corrected chi connectivity index (χ0v) is 15.0. The molecule has 1 saturated heterocycles. The van der Waals surface area contributed by atoms with Gasteiger partial charge in [0.2, 0.25) is 0 Å². The number of benzene rings is 1. The van der Waals surface area contributed by atoms with E-state index in [4.69, 9.17) is 0 Å². The fourth-order valence-electron chi connectivity index (χ4n) is 3.31. The highest BCUT2D eigenvalue weighted by molar-refractivity contribution is 7.20. The number of fused-ring (bicyclic) bond motifs is 1. The van der Waals surface area contributed by atoms with E-state index in [9.17, 15) is 4.79 Å². The summed E-state index contributed by atoms with van der Waals surface area (Å²) in [6.07, 6.45) is 2.51. The van der Waals surface area contributed by atoms with Crippen LogP contribution in [0.5, 0.6) is 0 Å². The van der Waals surface area contributed by atoms with Crippen LogP contribution in [-0.2, 0) is 0 Å². The maximum Gasteiger partial charge on any atom is 0.261 e. The summed E-state index contributed by atoms with van der Waals surface area (Å²) in [4.78, 5) is 17.2. The minimum absolute atomic E-state index is 0.0388. The lowest BCUT2D eigenvalue weighted by Crippen LogP contribution is -2.36. The first-order chi connectivity index (χ1) is 11.8. The minimum Gasteiger partial charge on any atom is -0.349 e. The Morgan fingerprint density at radius 3 is 2.75 bits per heavy atom. The Hall–Kier alpha value is -1.69. The number of likely N-dealkylation sites (tertiary alicyclic amines) is 1. The number of nitrogens with zero attached hydrogens (tertiary/aromatic N) is 1. The van der Waals surface area contributed by atoms with Gasteiger partial charge in [-0.2, -0.15) is 0 Å². The van der Waals surface area contributed by atoms with Crippen molar-refractivity contribution in [2.75, 3.05) is 19.6 Å². The second-order valence-electron chi connectivity index (χ2n) is 6.13. The minimum atomic E-state index is 0.0388. The molecule has 0 aliphatic carbocycles. The standard InChI is InChI=1S/C19H20N2OS2/c22-19(18-12-14-6-1-2-7-16(14)24-18)20-13-15(17-8-5-11-23-17)21-9-3-4-10-21/h1-2,5-8,11-12,15H,3-4,9-10,13H2,(H,20,22). The molecule has 0 radical (unpaired) electrons. The number of rotatable bonds is 5. The van der Waals surface area contributed by atoms with E-state index in [2.05, 4.69) is 39.9 Å². The molecule has 1 unspecified atom stereocenters. The molecule has 3 aromatic rings. The van der Waals surface area contributed by atoms with Crippen LogP contribution in [-0.4, -0.2) is 30.4 Å². The maximum absolute atomic E-state index is 12.6. The molecule has 4 rings (SSSR count). The van der Waals surface area contributed by atoms with Crippen LogP contribution in [0, 0.1) is 0 Å². The van der Waals surface area contributed by atoms with E-state index in [1.807, 2.05) is 18.2 Å². The van der Waals surface area contributed by atoms with E-state index >= 15 is 0 Å². The fourth-order valence-corrected chi connectivity index (χ4v) is 5.15. The SMILES string of the molecule is O=C(NCC(c1cccs1)N1CCCC1)c1cc2ccccc2s1. The topological polar surface area (TPSA) is 32.3 Å². The van der Waals surface area contributed by atoms with Crippen LogP contribution in [0.3, 0.4) is 0 Å². The predicted octanol–water partition coefficient (Wildman–Crippen LogP) is 4.53. The van der Waals surface area contributed by atoms with Crippen LogP contribution in [0.15, 0.2) is 47.8 Å². The molecule has 3 nitrogen and oxygen atoms in total. The second-order valence-corrected chi connectivity index (χ2v) is 8.20. The van der Waals surface area contributed by atoms with Crippen LogP contribution < -0.4 is 5.32 Å². The van der Waals surface area contributed by atoms with E-state index < -0.39 is 0 Å². The first kappa shape index (κ1) is 15.8. The number of hydrogen-bond donors (Lipinski definition) is 1. The third-order valence-corrected chi connectivity index (χ3v) is 6.65. The first-order valence-electron chi connectivity index (χ1n) is 8.35. The van der Waals surface area contributed by atoms with Crippen LogP contribution in [0.25, 0.3) is 10.1 Å². The quantitative estimate of drug-likeness (QED) is 0.728. The Kier molecular flexibility index (Phi) is 4.65. The largest absolute Gasteiger partial charge is 0.349 e. The van der Waals surface area contributed by atoms with Gasteiger partial charge in [0.1, 0.15) is 0 Å². The molecule has 1 fully saturated rings. The molecule has 5 heteroatoms. The van der Waals surface area contributed by atoms with Crippen molar-refractivity contribution in [3.8, 4) is 0 Å². The molecule has 1 amide bonds. The number of hydrogen-bond acceptors (Lipinski definition) is 4. The molecule has 1 aliphatic heterocycles. The van der Waals surface area contributed by atoms with E-state index in [0.29, 0.717) is 12.6 Å². The molecule has 0 spiro atoms. The Morgan fingerprint density at radius 1 is 1.17 bits per heavy atom. The van der Waals surface area contributed by atoms with Crippen molar-refractivity contribution in [1.82, 2.24) is 10.2 Å². The Balaban J connectivity index is 1.48. The molecule has 124 valence electrons. The Morgan fingerprint density at radius 2 is 2.00 bits per heavy atom. The summed E-state index contributed by atoms with van der Waals surface area (Å²) in [7, 11) is 0. The lowest BCUT2D eigenvalue weighted by atomic mass is 10.2. The third-order valence-electron chi connectivity index (χ3n) is 4.56. The fraction of sp³-hybridized carbons (Fsp3) is 0.316. The monoisotopic (exact) mass is 356 g/mol. The molecule has 1 aromatic carbocycles. The van der Waals surface area contributed by atoms with Crippen LogP contribution in [0.1, 0.15) is 33.4 Å². The number of amides is 1. The maximum atomic E-state index is 12.6. The molecule has 2 aromatic heterocycles.